The first-order chi connectivity index (χ1) is 16.1. The maximum atomic E-state index is 11.2. The zero-order valence-corrected chi connectivity index (χ0v) is 20.9. The van der Waals surface area contributed by atoms with Gasteiger partial charge in [-0.2, -0.15) is 21.8 Å². The highest BCUT2D eigenvalue weighted by Gasteiger charge is 2.32. The van der Waals surface area contributed by atoms with Gasteiger partial charge in [0.25, 0.3) is 20.2 Å². The molecule has 3 aromatic carbocycles. The minimum absolute atomic E-state index is 0.0233. The van der Waals surface area contributed by atoms with Crippen molar-refractivity contribution in [3.63, 3.8) is 0 Å². The van der Waals surface area contributed by atoms with Crippen LogP contribution in [0.5, 0.6) is 0 Å². The third kappa shape index (κ3) is 5.89. The normalized spacial score (nSPS) is 15.6. The molecule has 3 aromatic rings. The van der Waals surface area contributed by atoms with Crippen LogP contribution in [-0.4, -0.2) is 43.5 Å². The molecule has 14 heteroatoms. The molecule has 0 saturated heterocycles. The lowest BCUT2D eigenvalue weighted by Gasteiger charge is -2.38. The number of hydrogen-bond acceptors (Lipinski definition) is 9. The van der Waals surface area contributed by atoms with Crippen molar-refractivity contribution in [2.24, 2.45) is 21.5 Å². The van der Waals surface area contributed by atoms with Crippen molar-refractivity contribution < 1.29 is 25.9 Å². The number of guanidine groups is 2. The van der Waals surface area contributed by atoms with E-state index in [9.17, 15) is 16.8 Å². The summed E-state index contributed by atoms with van der Waals surface area (Å²) in [5.74, 6) is 0.516. The molecule has 0 fully saturated rings. The molecule has 186 valence electrons. The summed E-state index contributed by atoms with van der Waals surface area (Å²) in [5, 5.41) is 0.715. The highest BCUT2D eigenvalue weighted by Crippen LogP contribution is 2.29. The van der Waals surface area contributed by atoms with Crippen LogP contribution in [0.4, 0.5) is 5.69 Å². The largest absolute Gasteiger partial charge is 0.369 e. The van der Waals surface area contributed by atoms with E-state index in [4.69, 9.17) is 32.2 Å². The molecule has 6 N–H and O–H groups in total. The summed E-state index contributed by atoms with van der Waals surface area (Å²) in [6.07, 6.45) is 0. The topological polar surface area (TPSA) is 189 Å². The van der Waals surface area contributed by atoms with Gasteiger partial charge in [-0.05, 0) is 50.2 Å². The van der Waals surface area contributed by atoms with E-state index in [1.807, 2.05) is 26.0 Å². The van der Waals surface area contributed by atoms with Gasteiger partial charge < -0.3 is 11.5 Å². The Morgan fingerprint density at radius 2 is 1.29 bits per heavy atom. The van der Waals surface area contributed by atoms with Crippen LogP contribution >= 0.6 is 11.6 Å². The Balaban J connectivity index is 0.000000196. The molecule has 35 heavy (non-hydrogen) atoms. The van der Waals surface area contributed by atoms with Crippen LogP contribution in [0.15, 0.2) is 80.4 Å². The number of nitrogens with zero attached hydrogens (tertiary/aromatic N) is 3. The van der Waals surface area contributed by atoms with Gasteiger partial charge in [0.05, 0.1) is 0 Å². The highest BCUT2D eigenvalue weighted by atomic mass is 35.5. The highest BCUT2D eigenvalue weighted by molar-refractivity contribution is 7.86. The average molecular weight is 540 g/mol. The number of nitrogens with two attached hydrogens (primary N) is 2. The molecule has 4 rings (SSSR count). The van der Waals surface area contributed by atoms with Crippen LogP contribution in [-0.2, 0) is 20.2 Å². The molecule has 0 bridgehead atoms. The lowest BCUT2D eigenvalue weighted by molar-refractivity contribution is 0.481. The van der Waals surface area contributed by atoms with Crippen molar-refractivity contribution in [3.05, 3.63) is 65.7 Å². The Bertz CT molecular complexity index is 1480. The lowest BCUT2D eigenvalue weighted by Crippen LogP contribution is -2.54. The first-order valence-corrected chi connectivity index (χ1v) is 13.1. The number of hydrogen-bond donors (Lipinski definition) is 4. The Morgan fingerprint density at radius 3 is 1.69 bits per heavy atom. The zero-order valence-electron chi connectivity index (χ0n) is 18.5. The van der Waals surface area contributed by atoms with E-state index in [2.05, 4.69) is 9.98 Å². The van der Waals surface area contributed by atoms with E-state index in [0.29, 0.717) is 11.0 Å². The second-order valence-electron chi connectivity index (χ2n) is 7.80. The van der Waals surface area contributed by atoms with Gasteiger partial charge in [-0.25, -0.2) is 4.99 Å². The minimum Gasteiger partial charge on any atom is -0.369 e. The van der Waals surface area contributed by atoms with Gasteiger partial charge in [-0.3, -0.25) is 14.0 Å². The van der Waals surface area contributed by atoms with Crippen LogP contribution in [0.25, 0.3) is 10.8 Å². The summed E-state index contributed by atoms with van der Waals surface area (Å²) in [7, 11) is -8.94. The molecule has 0 aliphatic carbocycles. The summed E-state index contributed by atoms with van der Waals surface area (Å²) in [4.78, 5) is 9.22. The first-order valence-electron chi connectivity index (χ1n) is 9.83. The van der Waals surface area contributed by atoms with Gasteiger partial charge in [-0.1, -0.05) is 35.9 Å². The van der Waals surface area contributed by atoms with Crippen molar-refractivity contribution >= 4 is 60.2 Å². The summed E-state index contributed by atoms with van der Waals surface area (Å²) in [5.41, 5.74) is 11.8. The molecule has 1 aliphatic heterocycles. The molecule has 1 heterocycles. The molecule has 11 nitrogen and oxygen atoms in total. The minimum atomic E-state index is -4.47. The lowest BCUT2D eigenvalue weighted by atomic mass is 10.1. The second-order valence-corrected chi connectivity index (χ2v) is 11.0. The predicted molar refractivity (Wildman–Crippen MR) is 135 cm³/mol. The van der Waals surface area contributed by atoms with Crippen LogP contribution in [0.1, 0.15) is 13.8 Å². The maximum Gasteiger partial charge on any atom is 0.295 e. The zero-order chi connectivity index (χ0) is 26.2. The number of benzene rings is 3. The smallest absolute Gasteiger partial charge is 0.295 e. The summed E-state index contributed by atoms with van der Waals surface area (Å²) < 4.78 is 62.7. The summed E-state index contributed by atoms with van der Waals surface area (Å²) >= 11 is 5.85. The average Bonchev–Trinajstić information content (AvgIpc) is 2.72. The number of fused-ring (bicyclic) bond motifs is 1. The van der Waals surface area contributed by atoms with Crippen molar-refractivity contribution in [3.8, 4) is 0 Å². The van der Waals surface area contributed by atoms with Crippen LogP contribution in [0, 0.1) is 0 Å². The molecule has 0 radical (unpaired) electrons. The van der Waals surface area contributed by atoms with E-state index in [1.54, 1.807) is 17.0 Å². The quantitative estimate of drug-likeness (QED) is 0.362. The second kappa shape index (κ2) is 9.43. The molecule has 0 atom stereocenters. The van der Waals surface area contributed by atoms with Gasteiger partial charge >= 0.3 is 0 Å². The van der Waals surface area contributed by atoms with Crippen molar-refractivity contribution in [1.29, 1.82) is 0 Å². The third-order valence-corrected chi connectivity index (χ3v) is 6.95. The fraction of sp³-hybridized carbons (Fsp3) is 0.143. The van der Waals surface area contributed by atoms with E-state index in [0.717, 1.165) is 17.8 Å². The molecule has 0 spiro atoms. The van der Waals surface area contributed by atoms with Crippen molar-refractivity contribution in [1.82, 2.24) is 0 Å². The molecular formula is C21H22ClN5O6S2. The SMILES string of the molecule is CC1(C)N=C(N)N=C(N)N1c1ccc(Cl)cc1.O=S(=O)(O)c1cccc2c(S(=O)(=O)O)cccc12. The van der Waals surface area contributed by atoms with E-state index in [1.165, 1.54) is 24.3 Å². The predicted octanol–water partition coefficient (Wildman–Crippen LogP) is 2.86. The molecule has 0 unspecified atom stereocenters. The number of halogens is 1. The molecular weight excluding hydrogens is 518 g/mol. The Hall–Kier alpha value is -3.23. The standard InChI is InChI=1S/C11H14ClN5.C10H8O6S2/c1-11(2)16-9(13)15-10(14)17(11)8-5-3-7(12)4-6-8;11-17(12,13)9-5-1-3-7-8(9)4-2-6-10(7)18(14,15)16/h3-6H,1-2H3,(H4,13,14,15,16);1-6H,(H,11,12,13)(H,14,15,16). The molecule has 1 aliphatic rings. The van der Waals surface area contributed by atoms with Crippen molar-refractivity contribution in [2.75, 3.05) is 4.90 Å². The Kier molecular flexibility index (Phi) is 7.11. The van der Waals surface area contributed by atoms with Gasteiger partial charge in [0.1, 0.15) is 15.5 Å². The summed E-state index contributed by atoms with van der Waals surface area (Å²) in [6, 6.07) is 14.8. The molecule has 0 aromatic heterocycles. The fourth-order valence-corrected chi connectivity index (χ4v) is 5.08. The monoisotopic (exact) mass is 539 g/mol. The first kappa shape index (κ1) is 26.4. The van der Waals surface area contributed by atoms with Gasteiger partial charge in [0.2, 0.25) is 11.9 Å². The Labute approximate surface area is 207 Å². The fourth-order valence-electron chi connectivity index (χ4n) is 3.54. The number of rotatable bonds is 3. The van der Waals surface area contributed by atoms with Crippen LogP contribution < -0.4 is 16.4 Å². The maximum absolute atomic E-state index is 11.2. The van der Waals surface area contributed by atoms with Gasteiger partial charge in [0, 0.05) is 21.5 Å². The number of aliphatic imine (C=N–C) groups is 2. The third-order valence-electron chi connectivity index (χ3n) is 4.88. The molecule has 0 saturated carbocycles. The van der Waals surface area contributed by atoms with Gasteiger partial charge in [0.15, 0.2) is 0 Å². The van der Waals surface area contributed by atoms with E-state index in [-0.39, 0.29) is 16.7 Å². The van der Waals surface area contributed by atoms with Crippen molar-refractivity contribution in [2.45, 2.75) is 29.3 Å². The summed E-state index contributed by atoms with van der Waals surface area (Å²) in [6.45, 7) is 3.83. The van der Waals surface area contributed by atoms with Crippen LogP contribution in [0.2, 0.25) is 5.02 Å². The van der Waals surface area contributed by atoms with Gasteiger partial charge in [-0.15, -0.1) is 0 Å². The van der Waals surface area contributed by atoms with E-state index >= 15 is 0 Å². The Morgan fingerprint density at radius 1 is 0.829 bits per heavy atom. The van der Waals surface area contributed by atoms with E-state index < -0.39 is 35.7 Å². The number of anilines is 1. The molecule has 0 amide bonds. The van der Waals surface area contributed by atoms with Crippen LogP contribution in [0.3, 0.4) is 0 Å².